The maximum Gasteiger partial charge on any atom is 0.259 e. The summed E-state index contributed by atoms with van der Waals surface area (Å²) in [5, 5.41) is 8.59. The molecule has 0 N–H and O–H groups in total. The first-order valence-electron chi connectivity index (χ1n) is 10.5. The molecular formula is C21H29N5O3. The van der Waals surface area contributed by atoms with E-state index >= 15 is 0 Å². The molecule has 2 amide bonds. The van der Waals surface area contributed by atoms with Crippen LogP contribution >= 0.6 is 0 Å². The average Bonchev–Trinajstić information content (AvgIpc) is 3.24. The van der Waals surface area contributed by atoms with Crippen LogP contribution in [0, 0.1) is 13.8 Å². The second kappa shape index (κ2) is 8.00. The Morgan fingerprint density at radius 3 is 2.52 bits per heavy atom. The van der Waals surface area contributed by atoms with E-state index < -0.39 is 0 Å². The zero-order valence-electron chi connectivity index (χ0n) is 17.5. The van der Waals surface area contributed by atoms with Crippen molar-refractivity contribution < 1.29 is 14.1 Å². The van der Waals surface area contributed by atoms with Crippen LogP contribution in [0.2, 0.25) is 0 Å². The number of hydrogen-bond acceptors (Lipinski definition) is 5. The van der Waals surface area contributed by atoms with E-state index in [0.717, 1.165) is 49.3 Å². The molecule has 2 aromatic heterocycles. The van der Waals surface area contributed by atoms with E-state index in [-0.39, 0.29) is 11.8 Å². The minimum absolute atomic E-state index is 0.0499. The second-order valence-electron chi connectivity index (χ2n) is 8.11. The lowest BCUT2D eigenvalue weighted by atomic mass is 10.0. The first-order chi connectivity index (χ1) is 14.0. The first kappa shape index (κ1) is 19.7. The Bertz CT molecular complexity index is 904. The average molecular weight is 399 g/mol. The lowest BCUT2D eigenvalue weighted by Gasteiger charge is -2.28. The zero-order chi connectivity index (χ0) is 20.5. The minimum atomic E-state index is -0.0499. The molecule has 8 nitrogen and oxygen atoms in total. The summed E-state index contributed by atoms with van der Waals surface area (Å²) in [5.41, 5.74) is 4.36. The number of hydrogen-bond donors (Lipinski definition) is 0. The highest BCUT2D eigenvalue weighted by Gasteiger charge is 2.30. The number of piperidine rings is 1. The van der Waals surface area contributed by atoms with Gasteiger partial charge in [-0.25, -0.2) is 0 Å². The third-order valence-corrected chi connectivity index (χ3v) is 6.14. The van der Waals surface area contributed by atoms with Crippen LogP contribution < -0.4 is 0 Å². The molecule has 0 saturated carbocycles. The Balaban J connectivity index is 1.47. The van der Waals surface area contributed by atoms with E-state index in [4.69, 9.17) is 4.52 Å². The molecule has 29 heavy (non-hydrogen) atoms. The number of carbonyl (C=O) groups is 2. The van der Waals surface area contributed by atoms with E-state index in [9.17, 15) is 9.59 Å². The number of amides is 2. The highest BCUT2D eigenvalue weighted by Crippen LogP contribution is 2.26. The van der Waals surface area contributed by atoms with Crippen molar-refractivity contribution in [3.05, 3.63) is 34.0 Å². The van der Waals surface area contributed by atoms with E-state index in [1.54, 1.807) is 13.8 Å². The summed E-state index contributed by atoms with van der Waals surface area (Å²) in [5.74, 6) is 0.714. The van der Waals surface area contributed by atoms with Crippen LogP contribution in [-0.2, 0) is 31.2 Å². The summed E-state index contributed by atoms with van der Waals surface area (Å²) in [6.07, 6.45) is 5.26. The number of nitrogens with zero attached hydrogens (tertiary/aromatic N) is 5. The Morgan fingerprint density at radius 2 is 1.83 bits per heavy atom. The van der Waals surface area contributed by atoms with E-state index in [1.807, 2.05) is 21.5 Å². The van der Waals surface area contributed by atoms with Gasteiger partial charge in [0.2, 0.25) is 5.91 Å². The Hall–Kier alpha value is -2.64. The van der Waals surface area contributed by atoms with Gasteiger partial charge < -0.3 is 14.3 Å². The summed E-state index contributed by atoms with van der Waals surface area (Å²) >= 11 is 0. The van der Waals surface area contributed by atoms with Crippen LogP contribution in [-0.4, -0.2) is 56.2 Å². The fraction of sp³-hybridized carbons (Fsp3) is 0.619. The molecule has 0 atom stereocenters. The maximum atomic E-state index is 13.0. The molecule has 0 aromatic carbocycles. The smallest absolute Gasteiger partial charge is 0.259 e. The summed E-state index contributed by atoms with van der Waals surface area (Å²) in [7, 11) is 1.95. The number of aromatic nitrogens is 3. The summed E-state index contributed by atoms with van der Waals surface area (Å²) in [4.78, 5) is 29.4. The van der Waals surface area contributed by atoms with Gasteiger partial charge in [-0.1, -0.05) is 5.16 Å². The number of likely N-dealkylation sites (tertiary alicyclic amines) is 1. The van der Waals surface area contributed by atoms with Crippen LogP contribution in [0.25, 0.3) is 0 Å². The van der Waals surface area contributed by atoms with Crippen molar-refractivity contribution in [1.82, 2.24) is 24.7 Å². The fourth-order valence-corrected chi connectivity index (χ4v) is 4.52. The predicted molar refractivity (Wildman–Crippen MR) is 106 cm³/mol. The van der Waals surface area contributed by atoms with Crippen molar-refractivity contribution in [1.29, 1.82) is 0 Å². The molecule has 0 spiro atoms. The Morgan fingerprint density at radius 1 is 1.07 bits per heavy atom. The molecule has 2 aliphatic heterocycles. The standard InChI is InChI=1S/C21H29N5O3/c1-14-20(15(2)29-23-14)21(28)26-12-9-18-16(13-26)17(22-24(18)3)7-8-19(27)25-10-5-4-6-11-25/h4-13H2,1-3H3. The third kappa shape index (κ3) is 3.80. The van der Waals surface area contributed by atoms with E-state index in [1.165, 1.54) is 6.42 Å². The predicted octanol–water partition coefficient (Wildman–Crippen LogP) is 2.17. The van der Waals surface area contributed by atoms with Gasteiger partial charge in [0.15, 0.2) is 0 Å². The van der Waals surface area contributed by atoms with Crippen molar-refractivity contribution in [3.8, 4) is 0 Å². The fourth-order valence-electron chi connectivity index (χ4n) is 4.52. The normalized spacial score (nSPS) is 16.8. The number of rotatable bonds is 4. The van der Waals surface area contributed by atoms with Crippen LogP contribution in [0.5, 0.6) is 0 Å². The highest BCUT2D eigenvalue weighted by molar-refractivity contribution is 5.96. The largest absolute Gasteiger partial charge is 0.361 e. The summed E-state index contributed by atoms with van der Waals surface area (Å²) in [6, 6.07) is 0. The van der Waals surface area contributed by atoms with Gasteiger partial charge in [-0.3, -0.25) is 14.3 Å². The maximum absolute atomic E-state index is 13.0. The quantitative estimate of drug-likeness (QED) is 0.787. The van der Waals surface area contributed by atoms with Crippen molar-refractivity contribution >= 4 is 11.8 Å². The van der Waals surface area contributed by atoms with Crippen LogP contribution in [0.3, 0.4) is 0 Å². The van der Waals surface area contributed by atoms with Crippen LogP contribution in [0.15, 0.2) is 4.52 Å². The van der Waals surface area contributed by atoms with Gasteiger partial charge in [-0.2, -0.15) is 5.10 Å². The topological polar surface area (TPSA) is 84.5 Å². The molecule has 2 aliphatic rings. The highest BCUT2D eigenvalue weighted by atomic mass is 16.5. The summed E-state index contributed by atoms with van der Waals surface area (Å²) < 4.78 is 7.08. The van der Waals surface area contributed by atoms with Gasteiger partial charge >= 0.3 is 0 Å². The molecule has 156 valence electrons. The van der Waals surface area contributed by atoms with Gasteiger partial charge in [0, 0.05) is 63.7 Å². The molecule has 1 saturated heterocycles. The van der Waals surface area contributed by atoms with Crippen molar-refractivity contribution in [3.63, 3.8) is 0 Å². The van der Waals surface area contributed by atoms with E-state index in [2.05, 4.69) is 10.3 Å². The van der Waals surface area contributed by atoms with Gasteiger partial charge in [-0.05, 0) is 33.1 Å². The lowest BCUT2D eigenvalue weighted by Crippen LogP contribution is -2.37. The first-order valence-corrected chi connectivity index (χ1v) is 10.5. The zero-order valence-corrected chi connectivity index (χ0v) is 17.5. The van der Waals surface area contributed by atoms with E-state index in [0.29, 0.717) is 42.9 Å². The molecule has 4 heterocycles. The number of carbonyl (C=O) groups excluding carboxylic acids is 2. The van der Waals surface area contributed by atoms with Crippen LogP contribution in [0.4, 0.5) is 0 Å². The van der Waals surface area contributed by atoms with Gasteiger partial charge in [-0.15, -0.1) is 0 Å². The SMILES string of the molecule is Cc1noc(C)c1C(=O)N1CCc2c(c(CCC(=O)N3CCCCC3)nn2C)C1. The van der Waals surface area contributed by atoms with Gasteiger partial charge in [0.25, 0.3) is 5.91 Å². The third-order valence-electron chi connectivity index (χ3n) is 6.14. The Kier molecular flexibility index (Phi) is 5.43. The molecule has 0 radical (unpaired) electrons. The molecule has 4 rings (SSSR count). The summed E-state index contributed by atoms with van der Waals surface area (Å²) in [6.45, 7) is 6.46. The monoisotopic (exact) mass is 399 g/mol. The molecule has 1 fully saturated rings. The molecule has 0 aliphatic carbocycles. The second-order valence-corrected chi connectivity index (χ2v) is 8.11. The van der Waals surface area contributed by atoms with Crippen molar-refractivity contribution in [2.24, 2.45) is 7.05 Å². The van der Waals surface area contributed by atoms with Crippen molar-refractivity contribution in [2.45, 2.75) is 58.9 Å². The number of fused-ring (bicyclic) bond motifs is 1. The van der Waals surface area contributed by atoms with Crippen molar-refractivity contribution in [2.75, 3.05) is 19.6 Å². The van der Waals surface area contributed by atoms with Gasteiger partial charge in [0.05, 0.1) is 11.4 Å². The molecular weight excluding hydrogens is 370 g/mol. The number of aryl methyl sites for hydroxylation is 4. The minimum Gasteiger partial charge on any atom is -0.361 e. The van der Waals surface area contributed by atoms with Crippen LogP contribution in [0.1, 0.15) is 64.4 Å². The molecule has 2 aromatic rings. The Labute approximate surface area is 170 Å². The molecule has 0 unspecified atom stereocenters. The molecule has 0 bridgehead atoms. The lowest BCUT2D eigenvalue weighted by molar-refractivity contribution is -0.132. The molecule has 8 heteroatoms. The van der Waals surface area contributed by atoms with Gasteiger partial charge in [0.1, 0.15) is 11.3 Å².